The molecule has 46 heavy (non-hydrogen) atoms. The van der Waals surface area contributed by atoms with Gasteiger partial charge in [-0.1, -0.05) is 98.8 Å². The van der Waals surface area contributed by atoms with Gasteiger partial charge in [-0.25, -0.2) is 15.0 Å². The van der Waals surface area contributed by atoms with Gasteiger partial charge in [-0.2, -0.15) is 0 Å². The number of fused-ring (bicyclic) bond motifs is 6. The van der Waals surface area contributed by atoms with Crippen LogP contribution in [0.4, 0.5) is 0 Å². The Balaban J connectivity index is 1.27. The summed E-state index contributed by atoms with van der Waals surface area (Å²) in [5, 5.41) is 2.49. The van der Waals surface area contributed by atoms with E-state index in [0.29, 0.717) is 5.82 Å². The van der Waals surface area contributed by atoms with E-state index in [2.05, 4.69) is 161 Å². The van der Waals surface area contributed by atoms with E-state index in [9.17, 15) is 0 Å². The van der Waals surface area contributed by atoms with Crippen molar-refractivity contribution < 1.29 is 0 Å². The molecule has 2 aromatic heterocycles. The van der Waals surface area contributed by atoms with Crippen molar-refractivity contribution in [3.05, 3.63) is 157 Å². The largest absolute Gasteiger partial charge is 0.309 e. The lowest BCUT2D eigenvalue weighted by Crippen LogP contribution is -2.15. The van der Waals surface area contributed by atoms with Gasteiger partial charge in [0.2, 0.25) is 0 Å². The van der Waals surface area contributed by atoms with Gasteiger partial charge < -0.3 is 4.57 Å². The minimum atomic E-state index is -0.137. The minimum Gasteiger partial charge on any atom is -0.309 e. The van der Waals surface area contributed by atoms with Crippen molar-refractivity contribution in [2.45, 2.75) is 19.3 Å². The summed E-state index contributed by atoms with van der Waals surface area (Å²) in [6, 6.07) is 48.5. The Bertz CT molecular complexity index is 2420. The molecular formula is C42H30N4. The van der Waals surface area contributed by atoms with Crippen LogP contribution in [0.25, 0.3) is 72.3 Å². The van der Waals surface area contributed by atoms with Crippen LogP contribution in [0.1, 0.15) is 25.0 Å². The van der Waals surface area contributed by atoms with Crippen molar-refractivity contribution in [2.24, 2.45) is 0 Å². The number of nitrogens with zero attached hydrogens (tertiary/aromatic N) is 4. The molecule has 2 heterocycles. The predicted octanol–water partition coefficient (Wildman–Crippen LogP) is 10.3. The second-order valence-electron chi connectivity index (χ2n) is 12.6. The number of rotatable bonds is 4. The number of benzene rings is 6. The average Bonchev–Trinajstić information content (AvgIpc) is 3.55. The van der Waals surface area contributed by atoms with Gasteiger partial charge in [0.25, 0.3) is 0 Å². The van der Waals surface area contributed by atoms with Gasteiger partial charge in [0, 0.05) is 27.4 Å². The molecule has 9 rings (SSSR count). The number of hydrogen-bond acceptors (Lipinski definition) is 3. The molecule has 0 amide bonds. The highest BCUT2D eigenvalue weighted by Gasteiger charge is 2.36. The zero-order valence-corrected chi connectivity index (χ0v) is 25.6. The van der Waals surface area contributed by atoms with Gasteiger partial charge in [-0.15, -0.1) is 0 Å². The van der Waals surface area contributed by atoms with Crippen LogP contribution in [0.2, 0.25) is 0 Å². The van der Waals surface area contributed by atoms with Crippen molar-refractivity contribution in [1.82, 2.24) is 19.5 Å². The summed E-state index contributed by atoms with van der Waals surface area (Å²) in [7, 11) is 0. The predicted molar refractivity (Wildman–Crippen MR) is 188 cm³/mol. The molecule has 0 unspecified atom stereocenters. The smallest absolute Gasteiger partial charge is 0.162 e. The Hall–Kier alpha value is -5.87. The summed E-state index contributed by atoms with van der Waals surface area (Å²) < 4.78 is 2.42. The van der Waals surface area contributed by atoms with Crippen molar-refractivity contribution in [3.8, 4) is 50.5 Å². The molecule has 0 radical (unpaired) electrons. The first kappa shape index (κ1) is 26.5. The van der Waals surface area contributed by atoms with E-state index < -0.39 is 0 Å². The highest BCUT2D eigenvalue weighted by molar-refractivity contribution is 6.12. The molecule has 0 saturated heterocycles. The number of hydrogen-bond donors (Lipinski definition) is 0. The van der Waals surface area contributed by atoms with E-state index in [4.69, 9.17) is 0 Å². The first-order valence-electron chi connectivity index (χ1n) is 15.7. The van der Waals surface area contributed by atoms with Gasteiger partial charge in [0.1, 0.15) is 12.7 Å². The maximum atomic E-state index is 4.37. The van der Waals surface area contributed by atoms with E-state index in [0.717, 1.165) is 22.4 Å². The highest BCUT2D eigenvalue weighted by atomic mass is 15.0. The molecule has 0 aliphatic heterocycles. The summed E-state index contributed by atoms with van der Waals surface area (Å²) >= 11 is 0. The van der Waals surface area contributed by atoms with E-state index in [1.807, 2.05) is 6.07 Å². The van der Waals surface area contributed by atoms with E-state index in [-0.39, 0.29) is 5.41 Å². The summed E-state index contributed by atoms with van der Waals surface area (Å²) in [6.45, 7) is 4.73. The third-order valence-electron chi connectivity index (χ3n) is 9.63. The number of para-hydroxylation sites is 1. The zero-order valence-electron chi connectivity index (χ0n) is 25.6. The molecule has 0 spiro atoms. The molecule has 4 nitrogen and oxygen atoms in total. The third kappa shape index (κ3) is 4.04. The van der Waals surface area contributed by atoms with Gasteiger partial charge in [0.15, 0.2) is 5.82 Å². The zero-order chi connectivity index (χ0) is 30.8. The van der Waals surface area contributed by atoms with Crippen LogP contribution in [-0.2, 0) is 5.41 Å². The molecular weight excluding hydrogens is 560 g/mol. The summed E-state index contributed by atoms with van der Waals surface area (Å²) in [4.78, 5) is 12.7. The first-order chi connectivity index (χ1) is 22.6. The molecule has 4 heteroatoms. The maximum absolute atomic E-state index is 4.37. The summed E-state index contributed by atoms with van der Waals surface area (Å²) in [5.41, 5.74) is 14.6. The van der Waals surface area contributed by atoms with Gasteiger partial charge in [0.05, 0.1) is 11.0 Å². The maximum Gasteiger partial charge on any atom is 0.162 e. The van der Waals surface area contributed by atoms with Crippen LogP contribution in [0.5, 0.6) is 0 Å². The normalized spacial score (nSPS) is 13.2. The van der Waals surface area contributed by atoms with Gasteiger partial charge in [-0.3, -0.25) is 0 Å². The topological polar surface area (TPSA) is 43.6 Å². The van der Waals surface area contributed by atoms with Crippen LogP contribution < -0.4 is 0 Å². The van der Waals surface area contributed by atoms with Crippen molar-refractivity contribution >= 4 is 21.8 Å². The molecule has 0 bridgehead atoms. The average molecular weight is 591 g/mol. The van der Waals surface area contributed by atoms with E-state index in [1.54, 1.807) is 12.7 Å². The van der Waals surface area contributed by atoms with Crippen molar-refractivity contribution in [3.63, 3.8) is 0 Å². The minimum absolute atomic E-state index is 0.137. The van der Waals surface area contributed by atoms with Crippen LogP contribution in [0.3, 0.4) is 0 Å². The fourth-order valence-corrected chi connectivity index (χ4v) is 7.32. The molecule has 0 fully saturated rings. The van der Waals surface area contributed by atoms with Crippen molar-refractivity contribution in [2.75, 3.05) is 0 Å². The lowest BCUT2D eigenvalue weighted by atomic mass is 9.81. The summed E-state index contributed by atoms with van der Waals surface area (Å²) in [6.07, 6.45) is 3.08. The Kier molecular flexibility index (Phi) is 5.81. The van der Waals surface area contributed by atoms with Crippen LogP contribution in [-0.4, -0.2) is 19.5 Å². The quantitative estimate of drug-likeness (QED) is 0.205. The van der Waals surface area contributed by atoms with Crippen molar-refractivity contribution in [1.29, 1.82) is 0 Å². The Labute approximate surface area is 267 Å². The SMILES string of the molecule is CC1(C)c2cc(-c3ccccc3)ccc2-c2cc3c4cc(-c5cccc(-c6ncncn6)c5)ccc4n(-c4ccccc4)c3cc21. The molecule has 6 aromatic carbocycles. The van der Waals surface area contributed by atoms with Crippen LogP contribution in [0.15, 0.2) is 146 Å². The lowest BCUT2D eigenvalue weighted by Gasteiger charge is -2.22. The second-order valence-corrected chi connectivity index (χ2v) is 12.6. The van der Waals surface area contributed by atoms with Crippen LogP contribution >= 0.6 is 0 Å². The Morgan fingerprint density at radius 1 is 0.478 bits per heavy atom. The molecule has 218 valence electrons. The fourth-order valence-electron chi connectivity index (χ4n) is 7.32. The lowest BCUT2D eigenvalue weighted by molar-refractivity contribution is 0.661. The van der Waals surface area contributed by atoms with Gasteiger partial charge >= 0.3 is 0 Å². The molecule has 1 aliphatic carbocycles. The highest BCUT2D eigenvalue weighted by Crippen LogP contribution is 2.52. The molecule has 0 saturated carbocycles. The molecule has 1 aliphatic rings. The monoisotopic (exact) mass is 590 g/mol. The van der Waals surface area contributed by atoms with Gasteiger partial charge in [-0.05, 0) is 93.0 Å². The Morgan fingerprint density at radius 3 is 1.91 bits per heavy atom. The summed E-state index contributed by atoms with van der Waals surface area (Å²) in [5.74, 6) is 0.672. The molecule has 0 N–H and O–H groups in total. The standard InChI is InChI=1S/C42H30N4/c1-42(2)37-22-30(27-10-5-3-6-11-27)16-18-33(37)34-23-36-35-21-29(28-12-9-13-31(20-28)41-44-25-43-26-45-41)17-19-39(35)46(40(36)24-38(34)42)32-14-7-4-8-15-32/h3-26H,1-2H3. The molecule has 0 atom stereocenters. The van der Waals surface area contributed by atoms with E-state index in [1.165, 1.54) is 55.2 Å². The van der Waals surface area contributed by atoms with Crippen LogP contribution in [0, 0.1) is 0 Å². The third-order valence-corrected chi connectivity index (χ3v) is 9.63. The fraction of sp³-hybridized carbons (Fsp3) is 0.0714. The first-order valence-corrected chi connectivity index (χ1v) is 15.7. The Morgan fingerprint density at radius 2 is 1.11 bits per heavy atom. The molecule has 8 aromatic rings. The number of aromatic nitrogens is 4. The van der Waals surface area contributed by atoms with E-state index >= 15 is 0 Å². The second kappa shape index (κ2) is 10.1.